The van der Waals surface area contributed by atoms with Gasteiger partial charge in [-0.2, -0.15) is 5.26 Å². The first-order valence-electron chi connectivity index (χ1n) is 6.66. The van der Waals surface area contributed by atoms with Gasteiger partial charge in [0.15, 0.2) is 0 Å². The predicted octanol–water partition coefficient (Wildman–Crippen LogP) is 3.85. The average Bonchev–Trinajstić information content (AvgIpc) is 2.78. The third-order valence-corrected chi connectivity index (χ3v) is 3.63. The molecule has 3 rings (SSSR count). The highest BCUT2D eigenvalue weighted by Gasteiger charge is 2.14. The largest absolute Gasteiger partial charge is 0.494 e. The molecule has 1 aromatic heterocycles. The number of aromatic nitrogens is 1. The molecule has 2 aromatic carbocycles. The SMILES string of the molecule is Cc1ccc(Cn2cc3cc(F)cc(C#N)c3c2O)cc1F. The lowest BCUT2D eigenvalue weighted by atomic mass is 10.1. The molecule has 0 saturated carbocycles. The predicted molar refractivity (Wildman–Crippen MR) is 78.5 cm³/mol. The second-order valence-corrected chi connectivity index (χ2v) is 5.19. The summed E-state index contributed by atoms with van der Waals surface area (Å²) in [6.07, 6.45) is 1.55. The van der Waals surface area contributed by atoms with Crippen LogP contribution in [0.5, 0.6) is 5.88 Å². The number of nitriles is 1. The van der Waals surface area contributed by atoms with Crippen LogP contribution in [0.3, 0.4) is 0 Å². The summed E-state index contributed by atoms with van der Waals surface area (Å²) in [7, 11) is 0. The van der Waals surface area contributed by atoms with Crippen molar-refractivity contribution >= 4 is 10.8 Å². The number of halogens is 2. The zero-order chi connectivity index (χ0) is 15.9. The molecule has 0 atom stereocenters. The Kier molecular flexibility index (Phi) is 3.30. The standard InChI is InChI=1S/C17H12F2N2O/c1-10-2-3-11(4-15(10)19)8-21-9-13-6-14(18)5-12(7-20)16(13)17(21)22/h2-6,9,22H,8H2,1H3. The van der Waals surface area contributed by atoms with Crippen molar-refractivity contribution in [3.63, 3.8) is 0 Å². The first-order chi connectivity index (χ1) is 10.5. The molecule has 0 aliphatic heterocycles. The Morgan fingerprint density at radius 1 is 1.23 bits per heavy atom. The van der Waals surface area contributed by atoms with Crippen LogP contribution in [0.25, 0.3) is 10.8 Å². The summed E-state index contributed by atoms with van der Waals surface area (Å²) in [5.41, 5.74) is 1.28. The van der Waals surface area contributed by atoms with E-state index in [0.29, 0.717) is 21.9 Å². The summed E-state index contributed by atoms with van der Waals surface area (Å²) in [4.78, 5) is 0. The van der Waals surface area contributed by atoms with Crippen molar-refractivity contribution in [2.75, 3.05) is 0 Å². The first kappa shape index (κ1) is 14.1. The minimum atomic E-state index is -0.539. The summed E-state index contributed by atoms with van der Waals surface area (Å²) in [6, 6.07) is 9.02. The third kappa shape index (κ3) is 2.29. The second kappa shape index (κ2) is 5.15. The van der Waals surface area contributed by atoms with Gasteiger partial charge in [0.1, 0.15) is 17.7 Å². The lowest BCUT2D eigenvalue weighted by molar-refractivity contribution is 0.430. The van der Waals surface area contributed by atoms with Crippen molar-refractivity contribution in [2.45, 2.75) is 13.5 Å². The summed E-state index contributed by atoms with van der Waals surface area (Å²) in [5.74, 6) is -0.993. The minimum absolute atomic E-state index is 0.0707. The van der Waals surface area contributed by atoms with Crippen LogP contribution in [0, 0.1) is 29.9 Å². The van der Waals surface area contributed by atoms with Crippen LogP contribution in [0.2, 0.25) is 0 Å². The number of rotatable bonds is 2. The highest BCUT2D eigenvalue weighted by Crippen LogP contribution is 2.31. The zero-order valence-electron chi connectivity index (χ0n) is 11.8. The Balaban J connectivity index is 2.10. The minimum Gasteiger partial charge on any atom is -0.494 e. The summed E-state index contributed by atoms with van der Waals surface area (Å²) >= 11 is 0. The van der Waals surface area contributed by atoms with E-state index in [9.17, 15) is 13.9 Å². The molecule has 0 radical (unpaired) electrons. The first-order valence-corrected chi connectivity index (χ1v) is 6.66. The summed E-state index contributed by atoms with van der Waals surface area (Å²) < 4.78 is 28.5. The maximum atomic E-state index is 13.6. The van der Waals surface area contributed by atoms with Crippen LogP contribution in [0.15, 0.2) is 36.5 Å². The van der Waals surface area contributed by atoms with E-state index in [0.717, 1.165) is 6.07 Å². The van der Waals surface area contributed by atoms with Gasteiger partial charge < -0.3 is 9.67 Å². The Hall–Kier alpha value is -2.87. The smallest absolute Gasteiger partial charge is 0.200 e. The molecule has 1 N–H and O–H groups in total. The van der Waals surface area contributed by atoms with Gasteiger partial charge in [-0.05, 0) is 36.2 Å². The molecule has 3 nitrogen and oxygen atoms in total. The fourth-order valence-electron chi connectivity index (χ4n) is 2.49. The van der Waals surface area contributed by atoms with E-state index in [2.05, 4.69) is 0 Å². The van der Waals surface area contributed by atoms with Crippen molar-refractivity contribution in [3.8, 4) is 11.9 Å². The quantitative estimate of drug-likeness (QED) is 0.781. The van der Waals surface area contributed by atoms with E-state index >= 15 is 0 Å². The molecule has 5 heteroatoms. The summed E-state index contributed by atoms with van der Waals surface area (Å²) in [5, 5.41) is 20.1. The van der Waals surface area contributed by atoms with Crippen LogP contribution in [-0.4, -0.2) is 9.67 Å². The summed E-state index contributed by atoms with van der Waals surface area (Å²) in [6.45, 7) is 1.90. The van der Waals surface area contributed by atoms with Gasteiger partial charge in [-0.1, -0.05) is 12.1 Å². The molecule has 0 fully saturated rings. The molecule has 0 amide bonds. The van der Waals surface area contributed by atoms with Crippen molar-refractivity contribution in [1.29, 1.82) is 5.26 Å². The zero-order valence-corrected chi connectivity index (χ0v) is 11.8. The second-order valence-electron chi connectivity index (χ2n) is 5.19. The van der Waals surface area contributed by atoms with Gasteiger partial charge in [-0.25, -0.2) is 8.78 Å². The monoisotopic (exact) mass is 298 g/mol. The molecular formula is C17H12F2N2O. The van der Waals surface area contributed by atoms with Crippen molar-refractivity contribution in [2.24, 2.45) is 0 Å². The fourth-order valence-corrected chi connectivity index (χ4v) is 2.49. The Morgan fingerprint density at radius 3 is 2.68 bits per heavy atom. The molecular weight excluding hydrogens is 286 g/mol. The van der Waals surface area contributed by atoms with Crippen LogP contribution in [-0.2, 0) is 6.54 Å². The highest BCUT2D eigenvalue weighted by molar-refractivity contribution is 5.93. The maximum Gasteiger partial charge on any atom is 0.200 e. The van der Waals surface area contributed by atoms with Crippen LogP contribution in [0.4, 0.5) is 8.78 Å². The van der Waals surface area contributed by atoms with Gasteiger partial charge in [-0.15, -0.1) is 0 Å². The van der Waals surface area contributed by atoms with Crippen molar-refractivity contribution in [1.82, 2.24) is 4.57 Å². The third-order valence-electron chi connectivity index (χ3n) is 3.63. The van der Waals surface area contributed by atoms with E-state index in [4.69, 9.17) is 5.26 Å². The molecule has 110 valence electrons. The van der Waals surface area contributed by atoms with Gasteiger partial charge in [0, 0.05) is 11.6 Å². The highest BCUT2D eigenvalue weighted by atomic mass is 19.1. The molecule has 0 unspecified atom stereocenters. The normalized spacial score (nSPS) is 10.8. The maximum absolute atomic E-state index is 13.6. The van der Waals surface area contributed by atoms with Crippen LogP contribution >= 0.6 is 0 Å². The number of nitrogens with zero attached hydrogens (tertiary/aromatic N) is 2. The van der Waals surface area contributed by atoms with E-state index in [-0.39, 0.29) is 23.8 Å². The molecule has 0 saturated heterocycles. The number of aryl methyl sites for hydroxylation is 1. The van der Waals surface area contributed by atoms with Crippen LogP contribution in [0.1, 0.15) is 16.7 Å². The van der Waals surface area contributed by atoms with E-state index < -0.39 is 5.82 Å². The van der Waals surface area contributed by atoms with E-state index in [1.54, 1.807) is 25.3 Å². The number of hydrogen-bond donors (Lipinski definition) is 1. The van der Waals surface area contributed by atoms with E-state index in [1.807, 2.05) is 6.07 Å². The molecule has 0 bridgehead atoms. The lowest BCUT2D eigenvalue weighted by Gasteiger charge is -2.06. The lowest BCUT2D eigenvalue weighted by Crippen LogP contribution is -1.98. The molecule has 0 aliphatic carbocycles. The van der Waals surface area contributed by atoms with Gasteiger partial charge in [0.2, 0.25) is 5.88 Å². The molecule has 1 heterocycles. The fraction of sp³-hybridized carbons (Fsp3) is 0.118. The van der Waals surface area contributed by atoms with Crippen molar-refractivity contribution in [3.05, 3.63) is 64.9 Å². The van der Waals surface area contributed by atoms with E-state index in [1.165, 1.54) is 16.7 Å². The van der Waals surface area contributed by atoms with Gasteiger partial charge in [0.05, 0.1) is 17.5 Å². The average molecular weight is 298 g/mol. The van der Waals surface area contributed by atoms with Crippen LogP contribution < -0.4 is 0 Å². The Morgan fingerprint density at radius 2 is 2.00 bits per heavy atom. The van der Waals surface area contributed by atoms with Gasteiger partial charge >= 0.3 is 0 Å². The number of hydrogen-bond acceptors (Lipinski definition) is 2. The topological polar surface area (TPSA) is 49.0 Å². The molecule has 0 aliphatic rings. The molecule has 0 spiro atoms. The Bertz CT molecular complexity index is 923. The molecule has 22 heavy (non-hydrogen) atoms. The molecule has 3 aromatic rings. The van der Waals surface area contributed by atoms with Crippen molar-refractivity contribution < 1.29 is 13.9 Å². The number of fused-ring (bicyclic) bond motifs is 1. The number of aromatic hydroxyl groups is 1. The van der Waals surface area contributed by atoms with Gasteiger partial charge in [-0.3, -0.25) is 0 Å². The Labute approximate surface area is 125 Å². The van der Waals surface area contributed by atoms with Gasteiger partial charge in [0.25, 0.3) is 0 Å². The number of benzene rings is 2.